The summed E-state index contributed by atoms with van der Waals surface area (Å²) in [5, 5.41) is 0. The quantitative estimate of drug-likeness (QED) is 0.670. The number of hydrogen-bond acceptors (Lipinski definition) is 2. The third-order valence-corrected chi connectivity index (χ3v) is 3.92. The Bertz CT molecular complexity index is 349. The first-order chi connectivity index (χ1) is 6.75. The van der Waals surface area contributed by atoms with Gasteiger partial charge < -0.3 is 0 Å². The fourth-order valence-electron chi connectivity index (χ4n) is 1.13. The van der Waals surface area contributed by atoms with Crippen molar-refractivity contribution < 1.29 is 37.7 Å². The SMILES string of the molecule is CC.Cc1ccc(-c2ccc(C)s2)s1.[Ar]. The van der Waals surface area contributed by atoms with E-state index in [-0.39, 0.29) is 37.7 Å². The molecule has 0 fully saturated rings. The van der Waals surface area contributed by atoms with Crippen LogP contribution in [0.3, 0.4) is 0 Å². The molecule has 2 heterocycles. The zero-order valence-electron chi connectivity index (χ0n) is 9.48. The number of thiophene rings is 2. The van der Waals surface area contributed by atoms with Gasteiger partial charge in [0.1, 0.15) is 0 Å². The van der Waals surface area contributed by atoms with Crippen LogP contribution in [0.4, 0.5) is 0 Å². The van der Waals surface area contributed by atoms with Gasteiger partial charge in [-0.3, -0.25) is 0 Å². The van der Waals surface area contributed by atoms with Crippen LogP contribution < -0.4 is 0 Å². The van der Waals surface area contributed by atoms with Crippen molar-refractivity contribution in [1.29, 1.82) is 0 Å². The maximum atomic E-state index is 2.20. The molecule has 0 nitrogen and oxygen atoms in total. The number of rotatable bonds is 1. The van der Waals surface area contributed by atoms with Crippen LogP contribution in [-0.4, -0.2) is 0 Å². The van der Waals surface area contributed by atoms with Crippen LogP contribution in [0.15, 0.2) is 24.3 Å². The molecule has 0 radical (unpaired) electrons. The second-order valence-corrected chi connectivity index (χ2v) is 5.40. The minimum absolute atomic E-state index is 0. The van der Waals surface area contributed by atoms with Crippen molar-refractivity contribution in [2.75, 3.05) is 0 Å². The Balaban J connectivity index is 0.000000617. The summed E-state index contributed by atoms with van der Waals surface area (Å²) < 4.78 is 0. The molecule has 0 aliphatic heterocycles. The molecule has 2 rings (SSSR count). The van der Waals surface area contributed by atoms with E-state index in [1.54, 1.807) is 0 Å². The van der Waals surface area contributed by atoms with Crippen molar-refractivity contribution in [2.45, 2.75) is 27.7 Å². The van der Waals surface area contributed by atoms with Gasteiger partial charge in [-0.05, 0) is 38.1 Å². The van der Waals surface area contributed by atoms with Gasteiger partial charge in [-0.2, -0.15) is 0 Å². The summed E-state index contributed by atoms with van der Waals surface area (Å²) in [4.78, 5) is 5.56. The molecule has 0 spiro atoms. The average Bonchev–Trinajstić information content (AvgIpc) is 2.78. The minimum atomic E-state index is 0. The summed E-state index contributed by atoms with van der Waals surface area (Å²) in [6, 6.07) is 8.75. The molecule has 0 atom stereocenters. The number of hydrogen-bond donors (Lipinski definition) is 0. The van der Waals surface area contributed by atoms with Crippen molar-refractivity contribution in [3.05, 3.63) is 34.0 Å². The van der Waals surface area contributed by atoms with E-state index >= 15 is 0 Å². The fourth-order valence-corrected chi connectivity index (χ4v) is 2.96. The van der Waals surface area contributed by atoms with Gasteiger partial charge in [-0.1, -0.05) is 13.8 Å². The second-order valence-electron chi connectivity index (χ2n) is 2.82. The summed E-state index contributed by atoms with van der Waals surface area (Å²) >= 11 is 3.73. The van der Waals surface area contributed by atoms with Crippen LogP contribution in [0, 0.1) is 51.6 Å². The van der Waals surface area contributed by atoms with E-state index in [4.69, 9.17) is 0 Å². The molecule has 2 aromatic heterocycles. The Kier molecular flexibility index (Phi) is 8.20. The Morgan fingerprint density at radius 3 is 1.27 bits per heavy atom. The van der Waals surface area contributed by atoms with Gasteiger partial charge in [0.15, 0.2) is 0 Å². The maximum Gasteiger partial charge on any atom is 0.0445 e. The predicted molar refractivity (Wildman–Crippen MR) is 68.5 cm³/mol. The van der Waals surface area contributed by atoms with E-state index in [0.717, 1.165) is 0 Å². The normalized spacial score (nSPS) is 8.80. The summed E-state index contributed by atoms with van der Waals surface area (Å²) in [7, 11) is 0. The van der Waals surface area contributed by atoms with E-state index in [2.05, 4.69) is 38.1 Å². The standard InChI is InChI=1S/C10H10S2.C2H6.Ar/c1-7-3-5-9(11-7)10-6-4-8(2)12-10;1-2;/h3-6H,1-2H3;1-2H3;. The van der Waals surface area contributed by atoms with E-state index in [1.165, 1.54) is 19.5 Å². The smallest absolute Gasteiger partial charge is 0.0445 e. The van der Waals surface area contributed by atoms with Gasteiger partial charge in [-0.25, -0.2) is 0 Å². The first-order valence-electron chi connectivity index (χ1n) is 4.89. The van der Waals surface area contributed by atoms with Crippen molar-refractivity contribution >= 4 is 22.7 Å². The summed E-state index contributed by atoms with van der Waals surface area (Å²) in [5.41, 5.74) is 0. The first-order valence-corrected chi connectivity index (χ1v) is 6.52. The zero-order valence-corrected chi connectivity index (χ0v) is 11.8. The van der Waals surface area contributed by atoms with Crippen molar-refractivity contribution in [2.24, 2.45) is 0 Å². The second kappa shape index (κ2) is 7.86. The van der Waals surface area contributed by atoms with Crippen LogP contribution >= 0.6 is 22.7 Å². The zero-order chi connectivity index (χ0) is 10.6. The molecule has 0 saturated carbocycles. The van der Waals surface area contributed by atoms with Crippen LogP contribution in [0.2, 0.25) is 0 Å². The van der Waals surface area contributed by atoms with Gasteiger partial charge in [0, 0.05) is 57.2 Å². The van der Waals surface area contributed by atoms with Crippen molar-refractivity contribution in [3.63, 3.8) is 0 Å². The van der Waals surface area contributed by atoms with Crippen molar-refractivity contribution in [3.8, 4) is 9.75 Å². The topological polar surface area (TPSA) is 0 Å². The van der Waals surface area contributed by atoms with Gasteiger partial charge in [-0.15, -0.1) is 22.7 Å². The average molecular weight is 264 g/mol. The van der Waals surface area contributed by atoms with E-state index in [0.29, 0.717) is 0 Å². The maximum absolute atomic E-state index is 2.20. The fraction of sp³-hybridized carbons (Fsp3) is 0.333. The van der Waals surface area contributed by atoms with Crippen LogP contribution in [0.25, 0.3) is 9.75 Å². The molecule has 84 valence electrons. The summed E-state index contributed by atoms with van der Waals surface area (Å²) in [6.07, 6.45) is 0. The first kappa shape index (κ1) is 15.7. The molecule has 0 bridgehead atoms. The third-order valence-electron chi connectivity index (χ3n) is 1.72. The Labute approximate surface area is 130 Å². The Morgan fingerprint density at radius 1 is 0.733 bits per heavy atom. The van der Waals surface area contributed by atoms with Crippen LogP contribution in [0.5, 0.6) is 0 Å². The molecule has 0 saturated heterocycles. The van der Waals surface area contributed by atoms with E-state index in [1.807, 2.05) is 36.5 Å². The third kappa shape index (κ3) is 4.58. The molecular formula is C12H16ArS2. The molecule has 0 unspecified atom stereocenters. The molecule has 0 amide bonds. The van der Waals surface area contributed by atoms with E-state index < -0.39 is 0 Å². The molecule has 3 heteroatoms. The largest absolute Gasteiger partial charge is 0.140 e. The molecule has 2 aromatic rings. The van der Waals surface area contributed by atoms with Gasteiger partial charge >= 0.3 is 0 Å². The predicted octanol–water partition coefficient (Wildman–Crippen LogP) is 5.12. The van der Waals surface area contributed by atoms with E-state index in [9.17, 15) is 0 Å². The van der Waals surface area contributed by atoms with Crippen LogP contribution in [0.1, 0.15) is 23.6 Å². The van der Waals surface area contributed by atoms with Gasteiger partial charge in [0.25, 0.3) is 0 Å². The van der Waals surface area contributed by atoms with Crippen LogP contribution in [-0.2, 0) is 0 Å². The number of aryl methyl sites for hydroxylation is 2. The Morgan fingerprint density at radius 2 is 1.07 bits per heavy atom. The molecule has 0 aromatic carbocycles. The molecule has 0 N–H and O–H groups in total. The minimum Gasteiger partial charge on any atom is -0.140 e. The van der Waals surface area contributed by atoms with Crippen molar-refractivity contribution in [1.82, 2.24) is 0 Å². The summed E-state index contributed by atoms with van der Waals surface area (Å²) in [6.45, 7) is 8.29. The monoisotopic (exact) mass is 264 g/mol. The molecule has 15 heavy (non-hydrogen) atoms. The molecule has 0 aliphatic carbocycles. The molecule has 0 aliphatic rings. The molecular weight excluding hydrogens is 248 g/mol. The Hall–Kier alpha value is 0.660. The van der Waals surface area contributed by atoms with Gasteiger partial charge in [0.05, 0.1) is 0 Å². The summed E-state index contributed by atoms with van der Waals surface area (Å²) in [5.74, 6) is 0. The van der Waals surface area contributed by atoms with Gasteiger partial charge in [0.2, 0.25) is 0 Å².